The number of carboxylic acid groups (broad SMARTS) is 1. The number of pyridine rings is 1. The number of anilines is 1. The highest BCUT2D eigenvalue weighted by Crippen LogP contribution is 2.17. The second-order valence-corrected chi connectivity index (χ2v) is 5.52. The van der Waals surface area contributed by atoms with Crippen molar-refractivity contribution < 1.29 is 9.90 Å². The molecular formula is C15H24N2O2. The Hall–Kier alpha value is -1.58. The molecule has 0 radical (unpaired) electrons. The van der Waals surface area contributed by atoms with Crippen LogP contribution in [0.25, 0.3) is 0 Å². The quantitative estimate of drug-likeness (QED) is 0.788. The molecule has 0 aliphatic rings. The van der Waals surface area contributed by atoms with E-state index in [0.717, 1.165) is 18.5 Å². The van der Waals surface area contributed by atoms with Gasteiger partial charge in [-0.05, 0) is 38.3 Å². The molecule has 1 heterocycles. The number of aromatic carboxylic acids is 1. The zero-order valence-electron chi connectivity index (χ0n) is 12.2. The Morgan fingerprint density at radius 2 is 2.00 bits per heavy atom. The van der Waals surface area contributed by atoms with Crippen LogP contribution in [0.15, 0.2) is 12.1 Å². The van der Waals surface area contributed by atoms with Gasteiger partial charge in [0.15, 0.2) is 0 Å². The molecule has 0 aliphatic carbocycles. The Bertz CT molecular complexity index is 430. The molecule has 1 atom stereocenters. The van der Waals surface area contributed by atoms with E-state index in [1.807, 2.05) is 6.92 Å². The summed E-state index contributed by atoms with van der Waals surface area (Å²) in [4.78, 5) is 15.4. The van der Waals surface area contributed by atoms with E-state index in [0.29, 0.717) is 11.7 Å². The number of rotatable bonds is 7. The lowest BCUT2D eigenvalue weighted by atomic mass is 10.0. The average molecular weight is 264 g/mol. The van der Waals surface area contributed by atoms with Crippen molar-refractivity contribution in [3.05, 3.63) is 23.4 Å². The number of nitrogens with zero attached hydrogens (tertiary/aromatic N) is 1. The first-order valence-corrected chi connectivity index (χ1v) is 6.87. The molecule has 1 unspecified atom stereocenters. The number of aryl methyl sites for hydroxylation is 1. The summed E-state index contributed by atoms with van der Waals surface area (Å²) in [5.41, 5.74) is 1.06. The first-order chi connectivity index (χ1) is 8.90. The van der Waals surface area contributed by atoms with Crippen LogP contribution in [0.5, 0.6) is 0 Å². The zero-order valence-corrected chi connectivity index (χ0v) is 12.2. The number of carboxylic acids is 1. The predicted molar refractivity (Wildman–Crippen MR) is 77.7 cm³/mol. The molecule has 0 spiro atoms. The average Bonchev–Trinajstić information content (AvgIpc) is 2.27. The first kappa shape index (κ1) is 15.5. The molecular weight excluding hydrogens is 240 g/mol. The third-order valence-electron chi connectivity index (χ3n) is 3.07. The summed E-state index contributed by atoms with van der Waals surface area (Å²) in [6.07, 6.45) is 3.35. The van der Waals surface area contributed by atoms with Gasteiger partial charge in [-0.25, -0.2) is 9.78 Å². The van der Waals surface area contributed by atoms with Crippen molar-refractivity contribution in [3.8, 4) is 0 Å². The summed E-state index contributed by atoms with van der Waals surface area (Å²) in [6, 6.07) is 3.55. The third-order valence-corrected chi connectivity index (χ3v) is 3.07. The van der Waals surface area contributed by atoms with E-state index in [1.165, 1.54) is 6.42 Å². The molecule has 0 aliphatic heterocycles. The predicted octanol–water partition coefficient (Wildman–Crippen LogP) is 3.71. The highest BCUT2D eigenvalue weighted by molar-refractivity contribution is 5.93. The zero-order chi connectivity index (χ0) is 14.4. The Morgan fingerprint density at radius 1 is 1.32 bits per heavy atom. The van der Waals surface area contributed by atoms with Gasteiger partial charge < -0.3 is 10.4 Å². The van der Waals surface area contributed by atoms with Crippen LogP contribution in [0.4, 0.5) is 5.82 Å². The molecule has 0 fully saturated rings. The van der Waals surface area contributed by atoms with Crippen molar-refractivity contribution in [3.63, 3.8) is 0 Å². The molecule has 0 bridgehead atoms. The maximum absolute atomic E-state index is 11.1. The molecule has 1 rings (SSSR count). The molecule has 0 saturated heterocycles. The van der Waals surface area contributed by atoms with Gasteiger partial charge in [0.05, 0.1) is 0 Å². The lowest BCUT2D eigenvalue weighted by Gasteiger charge is -2.17. The minimum absolute atomic E-state index is 0.228. The summed E-state index contributed by atoms with van der Waals surface area (Å²) >= 11 is 0. The third kappa shape index (κ3) is 5.28. The molecule has 2 N–H and O–H groups in total. The Labute approximate surface area is 115 Å². The fourth-order valence-electron chi connectivity index (χ4n) is 1.98. The van der Waals surface area contributed by atoms with E-state index < -0.39 is 5.97 Å². The number of nitrogens with one attached hydrogen (secondary N) is 1. The number of carbonyl (C=O) groups is 1. The van der Waals surface area contributed by atoms with E-state index in [2.05, 4.69) is 31.1 Å². The van der Waals surface area contributed by atoms with Gasteiger partial charge in [-0.1, -0.05) is 26.7 Å². The molecule has 19 heavy (non-hydrogen) atoms. The lowest BCUT2D eigenvalue weighted by Crippen LogP contribution is -2.19. The van der Waals surface area contributed by atoms with E-state index in [-0.39, 0.29) is 11.6 Å². The molecule has 0 aromatic carbocycles. The van der Waals surface area contributed by atoms with Gasteiger partial charge in [0.25, 0.3) is 0 Å². The summed E-state index contributed by atoms with van der Waals surface area (Å²) in [6.45, 7) is 8.35. The molecule has 1 aromatic heterocycles. The summed E-state index contributed by atoms with van der Waals surface area (Å²) in [7, 11) is 0. The second kappa shape index (κ2) is 7.12. The maximum atomic E-state index is 11.1. The lowest BCUT2D eigenvalue weighted by molar-refractivity contribution is 0.0697. The standard InChI is InChI=1S/C15H24N2O2/c1-10(2)6-5-7-11(3)16-14-13(15(18)19)9-8-12(4)17-14/h8-11H,5-7H2,1-4H3,(H,16,17)(H,18,19). The van der Waals surface area contributed by atoms with Gasteiger partial charge in [0.2, 0.25) is 0 Å². The van der Waals surface area contributed by atoms with Crippen molar-refractivity contribution in [1.29, 1.82) is 0 Å². The van der Waals surface area contributed by atoms with Crippen molar-refractivity contribution in [2.75, 3.05) is 5.32 Å². The van der Waals surface area contributed by atoms with Gasteiger partial charge in [0, 0.05) is 11.7 Å². The van der Waals surface area contributed by atoms with Crippen LogP contribution in [-0.2, 0) is 0 Å². The van der Waals surface area contributed by atoms with Gasteiger partial charge in [0.1, 0.15) is 11.4 Å². The van der Waals surface area contributed by atoms with Crippen molar-refractivity contribution in [2.24, 2.45) is 5.92 Å². The van der Waals surface area contributed by atoms with E-state index >= 15 is 0 Å². The second-order valence-electron chi connectivity index (χ2n) is 5.52. The normalized spacial score (nSPS) is 12.5. The van der Waals surface area contributed by atoms with E-state index in [9.17, 15) is 4.79 Å². The molecule has 4 nitrogen and oxygen atoms in total. The molecule has 4 heteroatoms. The van der Waals surface area contributed by atoms with Crippen LogP contribution in [0, 0.1) is 12.8 Å². The molecule has 0 amide bonds. The van der Waals surface area contributed by atoms with Crippen LogP contribution in [0.3, 0.4) is 0 Å². The number of hydrogen-bond acceptors (Lipinski definition) is 3. The monoisotopic (exact) mass is 264 g/mol. The molecule has 106 valence electrons. The summed E-state index contributed by atoms with van der Waals surface area (Å²) in [5, 5.41) is 12.4. The van der Waals surface area contributed by atoms with Crippen LogP contribution < -0.4 is 5.32 Å². The van der Waals surface area contributed by atoms with Crippen molar-refractivity contribution >= 4 is 11.8 Å². The largest absolute Gasteiger partial charge is 0.478 e. The fourth-order valence-corrected chi connectivity index (χ4v) is 1.98. The number of hydrogen-bond donors (Lipinski definition) is 2. The minimum atomic E-state index is -0.940. The smallest absolute Gasteiger partial charge is 0.339 e. The van der Waals surface area contributed by atoms with E-state index in [1.54, 1.807) is 12.1 Å². The SMILES string of the molecule is Cc1ccc(C(=O)O)c(NC(C)CCCC(C)C)n1. The van der Waals surface area contributed by atoms with Crippen molar-refractivity contribution in [1.82, 2.24) is 4.98 Å². The number of aromatic nitrogens is 1. The van der Waals surface area contributed by atoms with Gasteiger partial charge >= 0.3 is 5.97 Å². The summed E-state index contributed by atoms with van der Waals surface area (Å²) in [5.74, 6) is 0.243. The Kier molecular flexibility index (Phi) is 5.80. The maximum Gasteiger partial charge on any atom is 0.339 e. The fraction of sp³-hybridized carbons (Fsp3) is 0.600. The van der Waals surface area contributed by atoms with Gasteiger partial charge in [-0.3, -0.25) is 0 Å². The van der Waals surface area contributed by atoms with Crippen LogP contribution >= 0.6 is 0 Å². The Balaban J connectivity index is 2.65. The van der Waals surface area contributed by atoms with Gasteiger partial charge in [-0.2, -0.15) is 0 Å². The Morgan fingerprint density at radius 3 is 2.58 bits per heavy atom. The van der Waals surface area contributed by atoms with E-state index in [4.69, 9.17) is 5.11 Å². The summed E-state index contributed by atoms with van der Waals surface area (Å²) < 4.78 is 0. The van der Waals surface area contributed by atoms with Crippen LogP contribution in [0.1, 0.15) is 56.1 Å². The highest BCUT2D eigenvalue weighted by Gasteiger charge is 2.13. The molecule has 0 saturated carbocycles. The topological polar surface area (TPSA) is 62.2 Å². The van der Waals surface area contributed by atoms with Crippen LogP contribution in [0.2, 0.25) is 0 Å². The highest BCUT2D eigenvalue weighted by atomic mass is 16.4. The molecule has 1 aromatic rings. The minimum Gasteiger partial charge on any atom is -0.478 e. The van der Waals surface area contributed by atoms with Crippen molar-refractivity contribution in [2.45, 2.75) is 53.0 Å². The first-order valence-electron chi connectivity index (χ1n) is 6.87. The van der Waals surface area contributed by atoms with Gasteiger partial charge in [-0.15, -0.1) is 0 Å². The van der Waals surface area contributed by atoms with Crippen LogP contribution in [-0.4, -0.2) is 22.1 Å².